The molecule has 0 radical (unpaired) electrons. The van der Waals surface area contributed by atoms with E-state index in [9.17, 15) is 14.7 Å². The summed E-state index contributed by atoms with van der Waals surface area (Å²) in [5.41, 5.74) is 1.12. The van der Waals surface area contributed by atoms with Crippen molar-refractivity contribution in [1.82, 2.24) is 0 Å². The van der Waals surface area contributed by atoms with Gasteiger partial charge in [-0.15, -0.1) is 11.8 Å². The lowest BCUT2D eigenvalue weighted by molar-refractivity contribution is -0.135. The minimum atomic E-state index is -0.990. The average Bonchev–Trinajstić information content (AvgIpc) is 3.29. The second kappa shape index (κ2) is 6.19. The van der Waals surface area contributed by atoms with E-state index >= 15 is 0 Å². The van der Waals surface area contributed by atoms with Crippen LogP contribution in [0.3, 0.4) is 0 Å². The van der Waals surface area contributed by atoms with Gasteiger partial charge in [0.05, 0.1) is 11.7 Å². The normalized spacial score (nSPS) is 30.9. The van der Waals surface area contributed by atoms with Crippen LogP contribution in [0.2, 0.25) is 0 Å². The zero-order valence-electron chi connectivity index (χ0n) is 13.0. The number of hydrogen-bond donors (Lipinski definition) is 1. The van der Waals surface area contributed by atoms with Crippen molar-refractivity contribution < 1.29 is 14.7 Å². The van der Waals surface area contributed by atoms with E-state index in [-0.39, 0.29) is 35.1 Å². The van der Waals surface area contributed by atoms with Crippen LogP contribution in [0.15, 0.2) is 65.6 Å². The number of carbonyl (C=O) groups is 2. The lowest BCUT2D eigenvalue weighted by Gasteiger charge is -2.15. The van der Waals surface area contributed by atoms with Crippen LogP contribution in [0, 0.1) is 17.8 Å². The number of Topliss-reactive ketones (excluding diaryl/α,β-unsaturated/α-hetero) is 2. The minimum Gasteiger partial charge on any atom is -0.385 e. The molecule has 0 amide bonds. The molecule has 2 aromatic rings. The first kappa shape index (κ1) is 15.6. The smallest absolute Gasteiger partial charge is 0.172 e. The molecule has 122 valence electrons. The number of rotatable bonds is 5. The summed E-state index contributed by atoms with van der Waals surface area (Å²) in [5, 5.41) is 10.2. The van der Waals surface area contributed by atoms with Crippen LogP contribution in [-0.2, 0) is 9.59 Å². The summed E-state index contributed by atoms with van der Waals surface area (Å²) in [7, 11) is 0. The van der Waals surface area contributed by atoms with Crippen molar-refractivity contribution in [3.8, 4) is 0 Å². The van der Waals surface area contributed by atoms with Crippen molar-refractivity contribution in [1.29, 1.82) is 0 Å². The molecule has 4 rings (SSSR count). The Kier molecular flexibility index (Phi) is 4.02. The van der Waals surface area contributed by atoms with Crippen molar-refractivity contribution >= 4 is 23.3 Å². The summed E-state index contributed by atoms with van der Waals surface area (Å²) in [6.07, 6.45) is -0.990. The van der Waals surface area contributed by atoms with Crippen molar-refractivity contribution in [2.75, 3.05) is 5.75 Å². The Balaban J connectivity index is 1.48. The number of hydrogen-bond acceptors (Lipinski definition) is 4. The fourth-order valence-electron chi connectivity index (χ4n) is 4.01. The lowest BCUT2D eigenvalue weighted by Crippen LogP contribution is -2.31. The first-order valence-electron chi connectivity index (χ1n) is 8.16. The molecule has 0 heterocycles. The second-order valence-electron chi connectivity index (χ2n) is 6.48. The van der Waals surface area contributed by atoms with Crippen LogP contribution in [0.25, 0.3) is 0 Å². The standard InChI is InChI=1S/C20H18O3S/c21-14(11-24-13-9-5-2-6-10-13)16-17-15(12-7-3-1-4-8-12)18(17)20(23)19(16)22/h1-10,15-18,20,23H,11H2. The van der Waals surface area contributed by atoms with E-state index in [4.69, 9.17) is 0 Å². The van der Waals surface area contributed by atoms with Crippen molar-refractivity contribution in [2.24, 2.45) is 17.8 Å². The Morgan fingerprint density at radius 3 is 2.25 bits per heavy atom. The number of carbonyl (C=O) groups excluding carboxylic acids is 2. The number of thioether (sulfide) groups is 1. The second-order valence-corrected chi connectivity index (χ2v) is 7.53. The van der Waals surface area contributed by atoms with Gasteiger partial charge < -0.3 is 5.11 Å². The maximum absolute atomic E-state index is 12.6. The summed E-state index contributed by atoms with van der Waals surface area (Å²) in [4.78, 5) is 25.9. The molecule has 2 saturated carbocycles. The molecule has 2 aromatic carbocycles. The van der Waals surface area contributed by atoms with E-state index in [1.54, 1.807) is 0 Å². The maximum atomic E-state index is 12.6. The molecule has 24 heavy (non-hydrogen) atoms. The van der Waals surface area contributed by atoms with Crippen LogP contribution in [0.1, 0.15) is 11.5 Å². The first-order valence-corrected chi connectivity index (χ1v) is 9.14. The molecule has 0 aliphatic heterocycles. The van der Waals surface area contributed by atoms with Gasteiger partial charge in [-0.3, -0.25) is 9.59 Å². The van der Waals surface area contributed by atoms with E-state index in [0.717, 1.165) is 10.5 Å². The molecule has 2 aliphatic rings. The SMILES string of the molecule is O=C(CSc1ccccc1)C1C(=O)C(O)C2C(c3ccccc3)C12. The molecule has 2 fully saturated rings. The van der Waals surface area contributed by atoms with Crippen LogP contribution >= 0.6 is 11.8 Å². The van der Waals surface area contributed by atoms with Crippen molar-refractivity contribution in [2.45, 2.75) is 16.9 Å². The van der Waals surface area contributed by atoms with Gasteiger partial charge in [0.25, 0.3) is 0 Å². The van der Waals surface area contributed by atoms with E-state index in [1.165, 1.54) is 11.8 Å². The molecule has 4 heteroatoms. The third-order valence-corrected chi connectivity index (χ3v) is 6.17. The van der Waals surface area contributed by atoms with E-state index < -0.39 is 12.0 Å². The Morgan fingerprint density at radius 2 is 1.58 bits per heavy atom. The van der Waals surface area contributed by atoms with Gasteiger partial charge >= 0.3 is 0 Å². The maximum Gasteiger partial charge on any atom is 0.172 e. The summed E-state index contributed by atoms with van der Waals surface area (Å²) < 4.78 is 0. The fraction of sp³-hybridized carbons (Fsp3) is 0.300. The molecule has 0 saturated heterocycles. The van der Waals surface area contributed by atoms with Gasteiger partial charge in [-0.05, 0) is 29.5 Å². The highest BCUT2D eigenvalue weighted by Gasteiger charge is 2.68. The van der Waals surface area contributed by atoms with Crippen molar-refractivity contribution in [3.63, 3.8) is 0 Å². The third-order valence-electron chi connectivity index (χ3n) is 5.14. The third kappa shape index (κ3) is 2.60. The largest absolute Gasteiger partial charge is 0.385 e. The van der Waals surface area contributed by atoms with Crippen LogP contribution in [0.4, 0.5) is 0 Å². The highest BCUT2D eigenvalue weighted by Crippen LogP contribution is 2.64. The molecule has 5 atom stereocenters. The molecule has 2 aliphatic carbocycles. The zero-order valence-corrected chi connectivity index (χ0v) is 13.9. The number of benzene rings is 2. The number of ketones is 2. The molecular formula is C20H18O3S. The Morgan fingerprint density at radius 1 is 0.958 bits per heavy atom. The number of aliphatic hydroxyl groups is 1. The predicted molar refractivity (Wildman–Crippen MR) is 92.8 cm³/mol. The molecule has 0 aromatic heterocycles. The summed E-state index contributed by atoms with van der Waals surface area (Å²) in [5.74, 6) is -0.692. The van der Waals surface area contributed by atoms with Crippen molar-refractivity contribution in [3.05, 3.63) is 66.2 Å². The summed E-state index contributed by atoms with van der Waals surface area (Å²) in [6, 6.07) is 19.6. The monoisotopic (exact) mass is 338 g/mol. The van der Waals surface area contributed by atoms with Crippen LogP contribution in [0.5, 0.6) is 0 Å². The first-order chi connectivity index (χ1) is 11.7. The van der Waals surface area contributed by atoms with E-state index in [1.807, 2.05) is 60.7 Å². The fourth-order valence-corrected chi connectivity index (χ4v) is 4.85. The molecule has 1 N–H and O–H groups in total. The quantitative estimate of drug-likeness (QED) is 0.673. The zero-order chi connectivity index (χ0) is 16.7. The number of aliphatic hydroxyl groups excluding tert-OH is 1. The minimum absolute atomic E-state index is 0.0289. The van der Waals surface area contributed by atoms with E-state index in [2.05, 4.69) is 0 Å². The van der Waals surface area contributed by atoms with Gasteiger partial charge in [0.1, 0.15) is 6.10 Å². The molecule has 5 unspecified atom stereocenters. The van der Waals surface area contributed by atoms with Gasteiger partial charge in [0, 0.05) is 10.8 Å². The lowest BCUT2D eigenvalue weighted by atomic mass is 9.91. The van der Waals surface area contributed by atoms with Gasteiger partial charge in [0.15, 0.2) is 11.6 Å². The van der Waals surface area contributed by atoms with Gasteiger partial charge in [0.2, 0.25) is 0 Å². The Bertz CT molecular complexity index is 759. The number of fused-ring (bicyclic) bond motifs is 1. The highest BCUT2D eigenvalue weighted by molar-refractivity contribution is 8.00. The van der Waals surface area contributed by atoms with Gasteiger partial charge in [-0.1, -0.05) is 48.5 Å². The molecule has 3 nitrogen and oxygen atoms in total. The van der Waals surface area contributed by atoms with E-state index in [0.29, 0.717) is 0 Å². The van der Waals surface area contributed by atoms with Crippen LogP contribution in [-0.4, -0.2) is 28.5 Å². The van der Waals surface area contributed by atoms with Crippen LogP contribution < -0.4 is 0 Å². The average molecular weight is 338 g/mol. The Hall–Kier alpha value is -1.91. The Labute approximate surface area is 145 Å². The topological polar surface area (TPSA) is 54.4 Å². The predicted octanol–water partition coefficient (Wildman–Crippen LogP) is 2.94. The molecule has 0 bridgehead atoms. The molecular weight excluding hydrogens is 320 g/mol. The van der Waals surface area contributed by atoms with Gasteiger partial charge in [-0.25, -0.2) is 0 Å². The summed E-state index contributed by atoms with van der Waals surface area (Å²) in [6.45, 7) is 0. The van der Waals surface area contributed by atoms with Gasteiger partial charge in [-0.2, -0.15) is 0 Å². The highest BCUT2D eigenvalue weighted by atomic mass is 32.2. The molecule has 0 spiro atoms. The summed E-state index contributed by atoms with van der Waals surface area (Å²) >= 11 is 1.45.